The van der Waals surface area contributed by atoms with Gasteiger partial charge in [-0.25, -0.2) is 9.18 Å². The maximum atomic E-state index is 12.9. The fourth-order valence-corrected chi connectivity index (χ4v) is 2.90. The molecule has 9 heteroatoms. The lowest BCUT2D eigenvalue weighted by molar-refractivity contribution is -0.156. The number of benzene rings is 1. The molecule has 0 bridgehead atoms. The number of carbonyl (C=O) groups is 4. The smallest absolute Gasteiger partial charge is 0.327 e. The van der Waals surface area contributed by atoms with E-state index in [9.17, 15) is 23.6 Å². The van der Waals surface area contributed by atoms with Crippen molar-refractivity contribution in [2.45, 2.75) is 51.8 Å². The number of nitrogens with one attached hydrogen (secondary N) is 2. The van der Waals surface area contributed by atoms with Crippen molar-refractivity contribution in [3.8, 4) is 0 Å². The van der Waals surface area contributed by atoms with Gasteiger partial charge in [-0.2, -0.15) is 0 Å². The van der Waals surface area contributed by atoms with E-state index >= 15 is 0 Å². The third kappa shape index (κ3) is 4.65. The molecule has 1 aliphatic rings. The van der Waals surface area contributed by atoms with Crippen LogP contribution < -0.4 is 10.6 Å². The van der Waals surface area contributed by atoms with Crippen LogP contribution in [0.5, 0.6) is 0 Å². The van der Waals surface area contributed by atoms with E-state index < -0.39 is 42.0 Å². The minimum absolute atomic E-state index is 0.142. The lowest BCUT2D eigenvalue weighted by Crippen LogP contribution is -2.46. The summed E-state index contributed by atoms with van der Waals surface area (Å²) in [6.45, 7) is 4.51. The molecule has 0 unspecified atom stereocenters. The highest BCUT2D eigenvalue weighted by Gasteiger charge is 2.49. The number of esters is 1. The third-order valence-electron chi connectivity index (χ3n) is 4.80. The number of urea groups is 1. The number of hydrogen-bond donors (Lipinski definition) is 2. The Morgan fingerprint density at radius 3 is 2.36 bits per heavy atom. The molecule has 1 aromatic rings. The van der Waals surface area contributed by atoms with Crippen LogP contribution in [0.4, 0.5) is 9.18 Å². The molecule has 0 aliphatic carbocycles. The van der Waals surface area contributed by atoms with Crippen LogP contribution in [0.2, 0.25) is 0 Å². The number of halogens is 1. The van der Waals surface area contributed by atoms with Gasteiger partial charge in [0.15, 0.2) is 6.10 Å². The molecule has 0 spiro atoms. The van der Waals surface area contributed by atoms with Crippen molar-refractivity contribution in [3.63, 3.8) is 0 Å². The van der Waals surface area contributed by atoms with Crippen LogP contribution in [0.15, 0.2) is 24.3 Å². The Morgan fingerprint density at radius 2 is 1.82 bits per heavy atom. The second kappa shape index (κ2) is 8.81. The minimum atomic E-state index is -1.11. The van der Waals surface area contributed by atoms with Gasteiger partial charge in [-0.3, -0.25) is 19.3 Å². The second-order valence-corrected chi connectivity index (χ2v) is 6.59. The highest BCUT2D eigenvalue weighted by atomic mass is 19.1. The van der Waals surface area contributed by atoms with Gasteiger partial charge in [0.1, 0.15) is 17.9 Å². The zero-order valence-electron chi connectivity index (χ0n) is 16.1. The fourth-order valence-electron chi connectivity index (χ4n) is 2.90. The average molecular weight is 393 g/mol. The molecule has 2 rings (SSSR count). The lowest BCUT2D eigenvalue weighted by Gasteiger charge is -2.23. The topological polar surface area (TPSA) is 105 Å². The van der Waals surface area contributed by atoms with Crippen LogP contribution >= 0.6 is 0 Å². The maximum absolute atomic E-state index is 12.9. The molecule has 1 saturated heterocycles. The molecular weight excluding hydrogens is 369 g/mol. The molecule has 28 heavy (non-hydrogen) atoms. The molecule has 4 amide bonds. The Kier molecular flexibility index (Phi) is 6.71. The van der Waals surface area contributed by atoms with Crippen molar-refractivity contribution in [1.29, 1.82) is 0 Å². The minimum Gasteiger partial charge on any atom is -0.451 e. The lowest BCUT2D eigenvalue weighted by atomic mass is 9.93. The van der Waals surface area contributed by atoms with Crippen molar-refractivity contribution < 1.29 is 28.3 Å². The first-order valence-corrected chi connectivity index (χ1v) is 9.08. The quantitative estimate of drug-likeness (QED) is 0.514. The van der Waals surface area contributed by atoms with Crippen molar-refractivity contribution in [3.05, 3.63) is 35.6 Å². The van der Waals surface area contributed by atoms with Crippen LogP contribution in [0, 0.1) is 5.82 Å². The van der Waals surface area contributed by atoms with E-state index in [2.05, 4.69) is 10.6 Å². The Morgan fingerprint density at radius 1 is 1.21 bits per heavy atom. The standard InChI is InChI=1S/C19H24FN3O5/c1-4-19(5-2)17(26)23(18(27)22-19)11-15(24)28-12(3)16(25)21-10-13-6-8-14(20)9-7-13/h6-9,12H,4-5,10-11H2,1-3H3,(H,21,25)(H,22,27)/t12-/m1/s1. The van der Waals surface area contributed by atoms with Gasteiger partial charge in [0, 0.05) is 6.54 Å². The van der Waals surface area contributed by atoms with Gasteiger partial charge in [0.05, 0.1) is 0 Å². The number of amides is 4. The normalized spacial score (nSPS) is 16.5. The Labute approximate surface area is 162 Å². The summed E-state index contributed by atoms with van der Waals surface area (Å²) in [5.41, 5.74) is -0.321. The summed E-state index contributed by atoms with van der Waals surface area (Å²) in [6, 6.07) is 4.94. The van der Waals surface area contributed by atoms with Gasteiger partial charge in [-0.1, -0.05) is 26.0 Å². The van der Waals surface area contributed by atoms with E-state index in [-0.39, 0.29) is 12.4 Å². The number of carbonyl (C=O) groups excluding carboxylic acids is 4. The van der Waals surface area contributed by atoms with E-state index in [1.807, 2.05) is 0 Å². The average Bonchev–Trinajstić information content (AvgIpc) is 2.91. The van der Waals surface area contributed by atoms with Crippen molar-refractivity contribution in [2.24, 2.45) is 0 Å². The van der Waals surface area contributed by atoms with E-state index in [0.29, 0.717) is 18.4 Å². The summed E-state index contributed by atoms with van der Waals surface area (Å²) >= 11 is 0. The first kappa shape index (κ1) is 21.3. The summed E-state index contributed by atoms with van der Waals surface area (Å²) < 4.78 is 17.9. The number of rotatable bonds is 8. The summed E-state index contributed by atoms with van der Waals surface area (Å²) in [5.74, 6) is -2.27. The first-order chi connectivity index (χ1) is 13.2. The molecule has 1 aromatic carbocycles. The van der Waals surface area contributed by atoms with Gasteiger partial charge >= 0.3 is 12.0 Å². The number of ether oxygens (including phenoxy) is 1. The van der Waals surface area contributed by atoms with Crippen LogP contribution in [0.1, 0.15) is 39.2 Å². The summed E-state index contributed by atoms with van der Waals surface area (Å²) in [6.07, 6.45) is -0.306. The summed E-state index contributed by atoms with van der Waals surface area (Å²) in [7, 11) is 0. The van der Waals surface area contributed by atoms with E-state index in [4.69, 9.17) is 4.74 Å². The van der Waals surface area contributed by atoms with Gasteiger partial charge in [0.25, 0.3) is 11.8 Å². The molecule has 0 saturated carbocycles. The van der Waals surface area contributed by atoms with Crippen LogP contribution in [0.25, 0.3) is 0 Å². The predicted molar refractivity (Wildman–Crippen MR) is 97.4 cm³/mol. The Hall–Kier alpha value is -2.97. The van der Waals surface area contributed by atoms with Crippen LogP contribution in [-0.4, -0.2) is 46.9 Å². The maximum Gasteiger partial charge on any atom is 0.327 e. The summed E-state index contributed by atoms with van der Waals surface area (Å²) in [4.78, 5) is 49.5. The third-order valence-corrected chi connectivity index (χ3v) is 4.80. The molecule has 1 atom stereocenters. The molecule has 2 N–H and O–H groups in total. The van der Waals surface area contributed by atoms with E-state index in [1.165, 1.54) is 31.2 Å². The molecule has 1 fully saturated rings. The van der Waals surface area contributed by atoms with Gasteiger partial charge in [0.2, 0.25) is 0 Å². The molecule has 152 valence electrons. The van der Waals surface area contributed by atoms with Gasteiger partial charge < -0.3 is 15.4 Å². The molecule has 1 aliphatic heterocycles. The van der Waals surface area contributed by atoms with Gasteiger partial charge in [-0.15, -0.1) is 0 Å². The largest absolute Gasteiger partial charge is 0.451 e. The van der Waals surface area contributed by atoms with Crippen molar-refractivity contribution >= 4 is 23.8 Å². The highest BCUT2D eigenvalue weighted by molar-refractivity contribution is 6.08. The summed E-state index contributed by atoms with van der Waals surface area (Å²) in [5, 5.41) is 5.18. The number of hydrogen-bond acceptors (Lipinski definition) is 5. The SMILES string of the molecule is CCC1(CC)NC(=O)N(CC(=O)O[C@H](C)C(=O)NCc2ccc(F)cc2)C1=O. The second-order valence-electron chi connectivity index (χ2n) is 6.59. The fraction of sp³-hybridized carbons (Fsp3) is 0.474. The van der Waals surface area contributed by atoms with E-state index in [0.717, 1.165) is 4.90 Å². The Bertz CT molecular complexity index is 761. The van der Waals surface area contributed by atoms with Crippen molar-refractivity contribution in [2.75, 3.05) is 6.54 Å². The number of imide groups is 1. The van der Waals surface area contributed by atoms with Gasteiger partial charge in [-0.05, 0) is 37.5 Å². The molecule has 0 aromatic heterocycles. The first-order valence-electron chi connectivity index (χ1n) is 9.08. The van der Waals surface area contributed by atoms with Crippen LogP contribution in [0.3, 0.4) is 0 Å². The zero-order valence-corrected chi connectivity index (χ0v) is 16.1. The zero-order chi connectivity index (χ0) is 20.9. The molecule has 0 radical (unpaired) electrons. The Balaban J connectivity index is 1.86. The molecule has 1 heterocycles. The monoisotopic (exact) mass is 393 g/mol. The van der Waals surface area contributed by atoms with E-state index in [1.54, 1.807) is 13.8 Å². The predicted octanol–water partition coefficient (Wildman–Crippen LogP) is 1.48. The molecule has 8 nitrogen and oxygen atoms in total. The molecular formula is C19H24FN3O5. The number of nitrogens with zero attached hydrogens (tertiary/aromatic N) is 1. The highest BCUT2D eigenvalue weighted by Crippen LogP contribution is 2.24. The van der Waals surface area contributed by atoms with Crippen molar-refractivity contribution in [1.82, 2.24) is 15.5 Å². The van der Waals surface area contributed by atoms with Crippen LogP contribution in [-0.2, 0) is 25.7 Å².